The minimum absolute atomic E-state index is 0.170. The van der Waals surface area contributed by atoms with Crippen molar-refractivity contribution in [3.05, 3.63) is 74.6 Å². The molecule has 1 atom stereocenters. The standard InChI is InChI=1S/C19H17BrN2O2S/c1-12(17-11-25-13(2)22-17)21-19(23)16-8-3-4-9-18(16)24-15-7-5-6-14(20)10-15/h3-12H,1-2H3,(H,21,23). The van der Waals surface area contributed by atoms with Crippen LogP contribution in [0.15, 0.2) is 58.4 Å². The summed E-state index contributed by atoms with van der Waals surface area (Å²) in [6.07, 6.45) is 0. The second-order valence-electron chi connectivity index (χ2n) is 5.54. The van der Waals surface area contributed by atoms with E-state index in [4.69, 9.17) is 4.74 Å². The van der Waals surface area contributed by atoms with Crippen LogP contribution < -0.4 is 10.1 Å². The lowest BCUT2D eigenvalue weighted by molar-refractivity contribution is 0.0937. The Morgan fingerprint density at radius 3 is 2.76 bits per heavy atom. The molecule has 128 valence electrons. The van der Waals surface area contributed by atoms with Crippen molar-refractivity contribution < 1.29 is 9.53 Å². The van der Waals surface area contributed by atoms with Crippen LogP contribution >= 0.6 is 27.3 Å². The zero-order valence-electron chi connectivity index (χ0n) is 13.8. The van der Waals surface area contributed by atoms with Crippen molar-refractivity contribution in [3.8, 4) is 11.5 Å². The highest BCUT2D eigenvalue weighted by Crippen LogP contribution is 2.27. The van der Waals surface area contributed by atoms with Crippen molar-refractivity contribution in [1.29, 1.82) is 0 Å². The van der Waals surface area contributed by atoms with E-state index in [1.165, 1.54) is 0 Å². The molecule has 4 nitrogen and oxygen atoms in total. The third-order valence-corrected chi connectivity index (χ3v) is 4.87. The van der Waals surface area contributed by atoms with E-state index < -0.39 is 0 Å². The van der Waals surface area contributed by atoms with Crippen LogP contribution in [0.1, 0.15) is 34.0 Å². The molecule has 1 unspecified atom stereocenters. The lowest BCUT2D eigenvalue weighted by Gasteiger charge is -2.14. The SMILES string of the molecule is Cc1nc(C(C)NC(=O)c2ccccc2Oc2cccc(Br)c2)cs1. The Hall–Kier alpha value is -2.18. The van der Waals surface area contributed by atoms with Gasteiger partial charge in [-0.1, -0.05) is 34.1 Å². The number of nitrogens with zero attached hydrogens (tertiary/aromatic N) is 1. The van der Waals surface area contributed by atoms with Crippen molar-refractivity contribution in [2.75, 3.05) is 0 Å². The number of thiazole rings is 1. The molecule has 3 aromatic rings. The Morgan fingerprint density at radius 1 is 1.24 bits per heavy atom. The maximum absolute atomic E-state index is 12.7. The van der Waals surface area contributed by atoms with E-state index in [1.807, 2.05) is 55.6 Å². The highest BCUT2D eigenvalue weighted by Gasteiger charge is 2.17. The molecule has 0 spiro atoms. The molecular formula is C19H17BrN2O2S. The van der Waals surface area contributed by atoms with Crippen LogP contribution in [-0.4, -0.2) is 10.9 Å². The third kappa shape index (κ3) is 4.46. The number of benzene rings is 2. The first kappa shape index (κ1) is 17.6. The van der Waals surface area contributed by atoms with Gasteiger partial charge in [0.05, 0.1) is 22.3 Å². The summed E-state index contributed by atoms with van der Waals surface area (Å²) in [6, 6.07) is 14.5. The van der Waals surface area contributed by atoms with E-state index in [0.29, 0.717) is 17.1 Å². The Balaban J connectivity index is 1.78. The molecule has 1 aromatic heterocycles. The van der Waals surface area contributed by atoms with Gasteiger partial charge in [-0.2, -0.15) is 0 Å². The maximum Gasteiger partial charge on any atom is 0.255 e. The van der Waals surface area contributed by atoms with Gasteiger partial charge in [0, 0.05) is 9.85 Å². The van der Waals surface area contributed by atoms with E-state index in [1.54, 1.807) is 23.5 Å². The van der Waals surface area contributed by atoms with Gasteiger partial charge in [0.25, 0.3) is 5.91 Å². The average Bonchev–Trinajstić information content (AvgIpc) is 3.02. The molecule has 0 bridgehead atoms. The number of nitrogens with one attached hydrogen (secondary N) is 1. The molecule has 0 aliphatic heterocycles. The molecule has 2 aromatic carbocycles. The number of carbonyl (C=O) groups is 1. The fourth-order valence-corrected chi connectivity index (χ4v) is 3.41. The second-order valence-corrected chi connectivity index (χ2v) is 7.52. The molecule has 0 aliphatic rings. The summed E-state index contributed by atoms with van der Waals surface area (Å²) in [5.41, 5.74) is 1.35. The van der Waals surface area contributed by atoms with Gasteiger partial charge in [0.1, 0.15) is 11.5 Å². The quantitative estimate of drug-likeness (QED) is 0.597. The number of halogens is 1. The highest BCUT2D eigenvalue weighted by molar-refractivity contribution is 9.10. The molecule has 0 saturated carbocycles. The fraction of sp³-hybridized carbons (Fsp3) is 0.158. The number of amides is 1. The number of aromatic nitrogens is 1. The van der Waals surface area contributed by atoms with E-state index in [-0.39, 0.29) is 11.9 Å². The first-order valence-electron chi connectivity index (χ1n) is 7.78. The monoisotopic (exact) mass is 416 g/mol. The fourth-order valence-electron chi connectivity index (χ4n) is 2.33. The van der Waals surface area contributed by atoms with Gasteiger partial charge in [-0.15, -0.1) is 11.3 Å². The maximum atomic E-state index is 12.7. The van der Waals surface area contributed by atoms with Crippen molar-refractivity contribution in [1.82, 2.24) is 10.3 Å². The zero-order chi connectivity index (χ0) is 17.8. The van der Waals surface area contributed by atoms with Crippen LogP contribution in [0.3, 0.4) is 0 Å². The average molecular weight is 417 g/mol. The van der Waals surface area contributed by atoms with Gasteiger partial charge in [0.2, 0.25) is 0 Å². The summed E-state index contributed by atoms with van der Waals surface area (Å²) in [4.78, 5) is 17.1. The molecule has 1 N–H and O–H groups in total. The largest absolute Gasteiger partial charge is 0.456 e. The zero-order valence-corrected chi connectivity index (χ0v) is 16.2. The number of rotatable bonds is 5. The summed E-state index contributed by atoms with van der Waals surface area (Å²) in [6.45, 7) is 3.87. The van der Waals surface area contributed by atoms with Gasteiger partial charge in [-0.05, 0) is 44.2 Å². The molecule has 3 rings (SSSR count). The minimum Gasteiger partial charge on any atom is -0.456 e. The summed E-state index contributed by atoms with van der Waals surface area (Å²) in [5, 5.41) is 5.92. The lowest BCUT2D eigenvalue weighted by Crippen LogP contribution is -2.27. The number of carbonyl (C=O) groups excluding carboxylic acids is 1. The van der Waals surface area contributed by atoms with E-state index in [0.717, 1.165) is 15.2 Å². The summed E-state index contributed by atoms with van der Waals surface area (Å²) >= 11 is 4.99. The first-order valence-corrected chi connectivity index (χ1v) is 9.45. The molecule has 0 fully saturated rings. The number of para-hydroxylation sites is 1. The lowest BCUT2D eigenvalue weighted by atomic mass is 10.1. The molecule has 0 aliphatic carbocycles. The Morgan fingerprint density at radius 2 is 2.04 bits per heavy atom. The van der Waals surface area contributed by atoms with Gasteiger partial charge in [-0.3, -0.25) is 4.79 Å². The first-order chi connectivity index (χ1) is 12.0. The van der Waals surface area contributed by atoms with E-state index in [2.05, 4.69) is 26.2 Å². The molecule has 6 heteroatoms. The summed E-state index contributed by atoms with van der Waals surface area (Å²) < 4.78 is 6.81. The molecule has 1 amide bonds. The van der Waals surface area contributed by atoms with Gasteiger partial charge < -0.3 is 10.1 Å². The van der Waals surface area contributed by atoms with E-state index >= 15 is 0 Å². The van der Waals surface area contributed by atoms with Crippen LogP contribution in [0.2, 0.25) is 0 Å². The molecule has 0 saturated heterocycles. The molecule has 0 radical (unpaired) electrons. The predicted molar refractivity (Wildman–Crippen MR) is 103 cm³/mol. The topological polar surface area (TPSA) is 51.2 Å². The molecule has 25 heavy (non-hydrogen) atoms. The third-order valence-electron chi connectivity index (χ3n) is 3.58. The summed E-state index contributed by atoms with van der Waals surface area (Å²) in [5.74, 6) is 0.987. The van der Waals surface area contributed by atoms with Crippen molar-refractivity contribution in [2.45, 2.75) is 19.9 Å². The Bertz CT molecular complexity index is 894. The van der Waals surface area contributed by atoms with Gasteiger partial charge in [0.15, 0.2) is 0 Å². The minimum atomic E-state index is -0.191. The van der Waals surface area contributed by atoms with Crippen LogP contribution in [0.25, 0.3) is 0 Å². The molecular weight excluding hydrogens is 400 g/mol. The van der Waals surface area contributed by atoms with Crippen molar-refractivity contribution >= 4 is 33.2 Å². The van der Waals surface area contributed by atoms with Crippen molar-refractivity contribution in [3.63, 3.8) is 0 Å². The van der Waals surface area contributed by atoms with E-state index in [9.17, 15) is 4.79 Å². The van der Waals surface area contributed by atoms with Gasteiger partial charge in [-0.25, -0.2) is 4.98 Å². The van der Waals surface area contributed by atoms with Crippen LogP contribution in [0, 0.1) is 6.92 Å². The predicted octanol–water partition coefficient (Wildman–Crippen LogP) is 5.50. The number of ether oxygens (including phenoxy) is 1. The molecule has 1 heterocycles. The Kier molecular flexibility index (Phi) is 5.50. The normalized spacial score (nSPS) is 11.8. The number of hydrogen-bond acceptors (Lipinski definition) is 4. The van der Waals surface area contributed by atoms with Crippen LogP contribution in [0.5, 0.6) is 11.5 Å². The summed E-state index contributed by atoms with van der Waals surface area (Å²) in [7, 11) is 0. The van der Waals surface area contributed by atoms with Gasteiger partial charge >= 0.3 is 0 Å². The highest BCUT2D eigenvalue weighted by atomic mass is 79.9. The van der Waals surface area contributed by atoms with Crippen LogP contribution in [0.4, 0.5) is 0 Å². The smallest absolute Gasteiger partial charge is 0.255 e. The number of aryl methyl sites for hydroxylation is 1. The second kappa shape index (κ2) is 7.80. The van der Waals surface area contributed by atoms with Crippen LogP contribution in [-0.2, 0) is 0 Å². The van der Waals surface area contributed by atoms with Crippen molar-refractivity contribution in [2.24, 2.45) is 0 Å². The Labute approximate surface area is 159 Å². The number of hydrogen-bond donors (Lipinski definition) is 1.